The van der Waals surface area contributed by atoms with E-state index < -0.39 is 0 Å². The van der Waals surface area contributed by atoms with Crippen molar-refractivity contribution < 1.29 is 14.3 Å². The fourth-order valence-corrected chi connectivity index (χ4v) is 9.80. The lowest BCUT2D eigenvalue weighted by Crippen LogP contribution is -2.53. The maximum atomic E-state index is 12.6. The van der Waals surface area contributed by atoms with Crippen LogP contribution < -0.4 is 14.4 Å². The van der Waals surface area contributed by atoms with E-state index in [9.17, 15) is 4.79 Å². The Bertz CT molecular complexity index is 1530. The van der Waals surface area contributed by atoms with Crippen molar-refractivity contribution in [3.05, 3.63) is 53.6 Å². The van der Waals surface area contributed by atoms with Crippen LogP contribution in [0.4, 0.5) is 5.69 Å². The van der Waals surface area contributed by atoms with E-state index in [1.807, 2.05) is 25.1 Å². The SMILES string of the molecule is C.C.C.C.CC(C)N1CCCCC1.CC(C)N1CCCCC1.CC(C)N1CCCCCC1.CC(C)N1CCN(C(C)C(=O)CCc2ccc3c(c2)OCO3)CC1.CC(C)N1CCc2ccccc21. The Morgan fingerprint density at radius 1 is 0.471 bits per heavy atom. The summed E-state index contributed by atoms with van der Waals surface area (Å²) < 4.78 is 10.7. The van der Waals surface area contributed by atoms with E-state index in [0.29, 0.717) is 24.3 Å². The van der Waals surface area contributed by atoms with Gasteiger partial charge < -0.3 is 29.1 Å². The second kappa shape index (κ2) is 35.4. The summed E-state index contributed by atoms with van der Waals surface area (Å²) in [5, 5.41) is 0. The number of piperidine rings is 2. The highest BCUT2D eigenvalue weighted by Gasteiger charge is 2.26. The number of carbonyl (C=O) groups excluding carboxylic acids is 1. The second-order valence-electron chi connectivity index (χ2n) is 20.6. The number of para-hydroxylation sites is 1. The van der Waals surface area contributed by atoms with Gasteiger partial charge in [0.25, 0.3) is 0 Å². The van der Waals surface area contributed by atoms with E-state index in [1.54, 1.807) is 0 Å². The van der Waals surface area contributed by atoms with Crippen LogP contribution in [-0.4, -0.2) is 145 Å². The predicted octanol–water partition coefficient (Wildman–Crippen LogP) is 13.4. The van der Waals surface area contributed by atoms with Crippen molar-refractivity contribution in [3.8, 4) is 11.5 Å². The van der Waals surface area contributed by atoms with Gasteiger partial charge in [-0.05, 0) is 196 Å². The fraction of sp³-hybridized carbons (Fsp3) is 0.780. The molecule has 9 nitrogen and oxygen atoms in total. The van der Waals surface area contributed by atoms with Crippen molar-refractivity contribution in [2.45, 2.75) is 226 Å². The van der Waals surface area contributed by atoms with Gasteiger partial charge in [-0.25, -0.2) is 0 Å². The average molecular weight is 954 g/mol. The minimum Gasteiger partial charge on any atom is -0.454 e. The second-order valence-corrected chi connectivity index (χ2v) is 20.6. The number of likely N-dealkylation sites (tertiary alicyclic amines) is 3. The van der Waals surface area contributed by atoms with Crippen LogP contribution in [-0.2, 0) is 17.6 Å². The standard InChI is InChI=1S/C19H28N2O3.C11H15N.C9H19N.2C8H17N.4CH4/c1-14(2)20-8-10-21(11-9-20)15(3)17(22)6-4-16-5-7-18-19(12-16)24-13-23-18;1-9(2)12-8-7-10-5-3-4-6-11(10)12;1-9(2)10-7-5-3-4-6-8-10;2*1-8(2)9-6-4-3-5-7-9;;;;/h5,7,12,14-15H,4,6,8-11,13H2,1-3H3;3-6,9H,7-8H2,1-2H3;9H,3-8H2,1-2H3;2*8H,3-7H2,1-2H3;4*1H4. The van der Waals surface area contributed by atoms with Crippen molar-refractivity contribution >= 4 is 11.5 Å². The molecular formula is C59H112N6O3. The third-order valence-corrected chi connectivity index (χ3v) is 14.3. The molecule has 0 N–H and O–H groups in total. The number of hydrogen-bond donors (Lipinski definition) is 0. The number of piperazine rings is 1. The molecule has 0 spiro atoms. The molecule has 8 rings (SSSR count). The lowest BCUT2D eigenvalue weighted by atomic mass is 10.0. The van der Waals surface area contributed by atoms with Crippen molar-refractivity contribution in [1.82, 2.24) is 24.5 Å². The predicted molar refractivity (Wildman–Crippen MR) is 299 cm³/mol. The number of hydrogen-bond acceptors (Lipinski definition) is 9. The van der Waals surface area contributed by atoms with Gasteiger partial charge in [0.2, 0.25) is 6.79 Å². The van der Waals surface area contributed by atoms with E-state index in [0.717, 1.165) is 67.8 Å². The molecule has 6 aliphatic rings. The van der Waals surface area contributed by atoms with Crippen molar-refractivity contribution in [1.29, 1.82) is 0 Å². The van der Waals surface area contributed by atoms with Gasteiger partial charge in [0.1, 0.15) is 5.78 Å². The van der Waals surface area contributed by atoms with Crippen LogP contribution in [0.1, 0.15) is 188 Å². The van der Waals surface area contributed by atoms with Crippen LogP contribution in [0.3, 0.4) is 0 Å². The van der Waals surface area contributed by atoms with Crippen LogP contribution in [0, 0.1) is 0 Å². The zero-order valence-corrected chi connectivity index (χ0v) is 43.1. The molecule has 0 amide bonds. The monoisotopic (exact) mass is 953 g/mol. The minimum atomic E-state index is 0. The van der Waals surface area contributed by atoms with Gasteiger partial charge in [-0.2, -0.15) is 0 Å². The summed E-state index contributed by atoms with van der Waals surface area (Å²) in [5.74, 6) is 1.91. The molecule has 0 radical (unpaired) electrons. The molecule has 2 aromatic rings. The summed E-state index contributed by atoms with van der Waals surface area (Å²) in [7, 11) is 0. The topological polar surface area (TPSA) is 55.0 Å². The smallest absolute Gasteiger partial charge is 0.231 e. The van der Waals surface area contributed by atoms with Gasteiger partial charge in [-0.1, -0.05) is 79.7 Å². The molecule has 0 aromatic heterocycles. The first-order valence-electron chi connectivity index (χ1n) is 26.2. The summed E-state index contributed by atoms with van der Waals surface area (Å²) in [6, 6.07) is 18.2. The molecule has 68 heavy (non-hydrogen) atoms. The summed E-state index contributed by atoms with van der Waals surface area (Å²) in [5.41, 5.74) is 4.07. The number of aryl methyl sites for hydroxylation is 1. The Morgan fingerprint density at radius 2 is 0.882 bits per heavy atom. The highest BCUT2D eigenvalue weighted by molar-refractivity contribution is 5.83. The Kier molecular flexibility index (Phi) is 34.0. The van der Waals surface area contributed by atoms with Crippen LogP contribution in [0.15, 0.2) is 42.5 Å². The number of fused-ring (bicyclic) bond motifs is 2. The lowest BCUT2D eigenvalue weighted by Gasteiger charge is -2.39. The molecular weight excluding hydrogens is 841 g/mol. The highest BCUT2D eigenvalue weighted by Crippen LogP contribution is 2.33. The largest absolute Gasteiger partial charge is 0.454 e. The Labute approximate surface area is 423 Å². The molecule has 4 fully saturated rings. The Hall–Kier alpha value is -2.69. The average Bonchev–Trinajstić information content (AvgIpc) is 3.88. The number of carbonyl (C=O) groups is 1. The molecule has 6 heterocycles. The van der Waals surface area contributed by atoms with Gasteiger partial charge >= 0.3 is 0 Å². The lowest BCUT2D eigenvalue weighted by molar-refractivity contribution is -0.124. The molecule has 0 aliphatic carbocycles. The molecule has 2 aromatic carbocycles. The molecule has 1 atom stereocenters. The van der Waals surface area contributed by atoms with Gasteiger partial charge in [0.15, 0.2) is 11.5 Å². The van der Waals surface area contributed by atoms with Gasteiger partial charge in [-0.3, -0.25) is 14.6 Å². The van der Waals surface area contributed by atoms with Gasteiger partial charge in [0.05, 0.1) is 6.04 Å². The molecule has 6 aliphatic heterocycles. The third-order valence-electron chi connectivity index (χ3n) is 14.3. The maximum absolute atomic E-state index is 12.6. The third kappa shape index (κ3) is 22.6. The van der Waals surface area contributed by atoms with E-state index >= 15 is 0 Å². The van der Waals surface area contributed by atoms with Crippen molar-refractivity contribution in [2.24, 2.45) is 0 Å². The van der Waals surface area contributed by atoms with Crippen LogP contribution in [0.5, 0.6) is 11.5 Å². The Morgan fingerprint density at radius 3 is 1.34 bits per heavy atom. The normalized spacial score (nSPS) is 19.1. The molecule has 0 bridgehead atoms. The summed E-state index contributed by atoms with van der Waals surface area (Å²) in [4.78, 5) is 27.5. The van der Waals surface area contributed by atoms with E-state index in [1.165, 1.54) is 128 Å². The first-order chi connectivity index (χ1) is 30.7. The summed E-state index contributed by atoms with van der Waals surface area (Å²) in [6.07, 6.45) is 16.8. The number of rotatable bonds is 10. The van der Waals surface area contributed by atoms with Crippen LogP contribution >= 0.6 is 0 Å². The summed E-state index contributed by atoms with van der Waals surface area (Å²) >= 11 is 0. The van der Waals surface area contributed by atoms with Crippen molar-refractivity contribution in [3.63, 3.8) is 0 Å². The molecule has 9 heteroatoms. The fourth-order valence-electron chi connectivity index (χ4n) is 9.80. The summed E-state index contributed by atoms with van der Waals surface area (Å²) in [6.45, 7) is 38.3. The quantitative estimate of drug-likeness (QED) is 0.232. The molecule has 1 unspecified atom stereocenters. The maximum Gasteiger partial charge on any atom is 0.231 e. The van der Waals surface area contributed by atoms with E-state index in [2.05, 4.69) is 123 Å². The van der Waals surface area contributed by atoms with Gasteiger partial charge in [-0.15, -0.1) is 0 Å². The number of benzene rings is 2. The number of ether oxygens (including phenoxy) is 2. The van der Waals surface area contributed by atoms with E-state index in [-0.39, 0.29) is 42.5 Å². The van der Waals surface area contributed by atoms with Crippen LogP contribution in [0.2, 0.25) is 0 Å². The number of anilines is 1. The zero-order valence-electron chi connectivity index (χ0n) is 43.1. The Balaban J connectivity index is 0.000000871. The van der Waals surface area contributed by atoms with E-state index in [4.69, 9.17) is 9.47 Å². The van der Waals surface area contributed by atoms with Gasteiger partial charge in [0, 0.05) is 75.0 Å². The molecule has 4 saturated heterocycles. The van der Waals surface area contributed by atoms with Crippen LogP contribution in [0.25, 0.3) is 0 Å². The minimum absolute atomic E-state index is 0. The number of ketones is 1. The molecule has 0 saturated carbocycles. The zero-order chi connectivity index (χ0) is 46.4. The first-order valence-corrected chi connectivity index (χ1v) is 26.2. The number of Topliss-reactive ketones (excluding diaryl/α,β-unsaturated/α-hetero) is 1. The molecule has 396 valence electrons. The number of nitrogens with zero attached hydrogens (tertiary/aromatic N) is 6. The first kappa shape index (κ1) is 65.3. The van der Waals surface area contributed by atoms with Crippen molar-refractivity contribution in [2.75, 3.05) is 83.7 Å². The highest BCUT2D eigenvalue weighted by atomic mass is 16.7.